The van der Waals surface area contributed by atoms with E-state index >= 15 is 0 Å². The lowest BCUT2D eigenvalue weighted by atomic mass is 10.1. The Hall–Kier alpha value is -3.84. The maximum absolute atomic E-state index is 12.8. The number of halogens is 3. The SMILES string of the molecule is CC(C)S(=O)(=O)c1ccc(-c2cnc(N)c(-c3nnc(-c4ccc([C@@H](N)C(F)(F)F)cc4)o3)n2)cc1. The standard InChI is InChI=1S/C23H21F3N6O3S/c1-12(2)36(33,34)16-9-7-13(8-10-16)17-11-29-20(28)18(30-17)22-32-31-21(35-22)15-5-3-14(4-6-15)19(27)23(24,25)26/h3-12,19H,27H2,1-2H3,(H2,28,29)/t19-/m1/s1. The Morgan fingerprint density at radius 1 is 0.917 bits per heavy atom. The lowest BCUT2D eigenvalue weighted by Gasteiger charge is -2.15. The Morgan fingerprint density at radius 2 is 1.50 bits per heavy atom. The molecule has 1 atom stereocenters. The molecule has 4 N–H and O–H groups in total. The third kappa shape index (κ3) is 4.93. The van der Waals surface area contributed by atoms with Crippen molar-refractivity contribution in [2.45, 2.75) is 36.2 Å². The molecule has 4 aromatic rings. The zero-order valence-electron chi connectivity index (χ0n) is 19.1. The van der Waals surface area contributed by atoms with Crippen LogP contribution in [0.3, 0.4) is 0 Å². The molecule has 0 aliphatic heterocycles. The van der Waals surface area contributed by atoms with Crippen molar-refractivity contribution < 1.29 is 26.0 Å². The van der Waals surface area contributed by atoms with E-state index in [0.29, 0.717) is 16.8 Å². The topological polar surface area (TPSA) is 151 Å². The summed E-state index contributed by atoms with van der Waals surface area (Å²) < 4.78 is 68.8. The molecule has 0 saturated carbocycles. The summed E-state index contributed by atoms with van der Waals surface area (Å²) in [6, 6.07) is 9.31. The summed E-state index contributed by atoms with van der Waals surface area (Å²) >= 11 is 0. The van der Waals surface area contributed by atoms with Gasteiger partial charge in [0.1, 0.15) is 6.04 Å². The summed E-state index contributed by atoms with van der Waals surface area (Å²) in [6.45, 7) is 3.21. The number of benzene rings is 2. The van der Waals surface area contributed by atoms with E-state index < -0.39 is 27.3 Å². The normalized spacial score (nSPS) is 13.2. The highest BCUT2D eigenvalue weighted by molar-refractivity contribution is 7.92. The number of sulfone groups is 1. The molecule has 0 radical (unpaired) electrons. The van der Waals surface area contributed by atoms with Crippen LogP contribution >= 0.6 is 0 Å². The van der Waals surface area contributed by atoms with Crippen molar-refractivity contribution in [3.63, 3.8) is 0 Å². The second-order valence-corrected chi connectivity index (χ2v) is 10.7. The summed E-state index contributed by atoms with van der Waals surface area (Å²) in [5, 5.41) is 7.30. The Kier molecular flexibility index (Phi) is 6.54. The molecule has 4 rings (SSSR count). The van der Waals surface area contributed by atoms with E-state index in [1.54, 1.807) is 26.0 Å². The third-order valence-electron chi connectivity index (χ3n) is 5.40. The minimum atomic E-state index is -4.57. The van der Waals surface area contributed by atoms with Gasteiger partial charge in [0.2, 0.25) is 5.89 Å². The van der Waals surface area contributed by atoms with Crippen LogP contribution in [-0.4, -0.2) is 40.0 Å². The molecule has 0 spiro atoms. The maximum atomic E-state index is 12.8. The predicted octanol–water partition coefficient (Wildman–Crippen LogP) is 4.19. The van der Waals surface area contributed by atoms with Gasteiger partial charge >= 0.3 is 6.18 Å². The number of rotatable bonds is 6. The molecule has 0 bridgehead atoms. The van der Waals surface area contributed by atoms with Crippen molar-refractivity contribution in [2.75, 3.05) is 5.73 Å². The first-order chi connectivity index (χ1) is 16.9. The number of aromatic nitrogens is 4. The zero-order valence-corrected chi connectivity index (χ0v) is 19.9. The second-order valence-electron chi connectivity index (χ2n) is 8.16. The molecule has 13 heteroatoms. The van der Waals surface area contributed by atoms with Crippen molar-refractivity contribution in [3.05, 3.63) is 60.3 Å². The van der Waals surface area contributed by atoms with Gasteiger partial charge < -0.3 is 15.9 Å². The number of hydrogen-bond donors (Lipinski definition) is 2. The number of anilines is 1. The number of hydrogen-bond acceptors (Lipinski definition) is 9. The highest BCUT2D eigenvalue weighted by atomic mass is 32.2. The van der Waals surface area contributed by atoms with E-state index in [1.165, 1.54) is 42.6 Å². The van der Waals surface area contributed by atoms with Crippen LogP contribution in [-0.2, 0) is 9.84 Å². The quantitative estimate of drug-likeness (QED) is 0.383. The smallest absolute Gasteiger partial charge is 0.407 e. The zero-order chi connectivity index (χ0) is 26.3. The number of alkyl halides is 3. The summed E-state index contributed by atoms with van der Waals surface area (Å²) in [4.78, 5) is 8.74. The van der Waals surface area contributed by atoms with Crippen LogP contribution in [0.1, 0.15) is 25.5 Å². The van der Waals surface area contributed by atoms with Gasteiger partial charge in [-0.25, -0.2) is 18.4 Å². The van der Waals surface area contributed by atoms with E-state index in [2.05, 4.69) is 20.2 Å². The molecule has 2 aromatic carbocycles. The largest absolute Gasteiger partial charge is 0.414 e. The molecular formula is C23H21F3N6O3S. The summed E-state index contributed by atoms with van der Waals surface area (Å²) in [7, 11) is -3.42. The van der Waals surface area contributed by atoms with Gasteiger partial charge in [-0.1, -0.05) is 24.3 Å². The van der Waals surface area contributed by atoms with Crippen molar-refractivity contribution in [1.82, 2.24) is 20.2 Å². The molecule has 188 valence electrons. The minimum Gasteiger partial charge on any atom is -0.414 e. The Morgan fingerprint density at radius 3 is 2.08 bits per heavy atom. The van der Waals surface area contributed by atoms with Gasteiger partial charge in [-0.2, -0.15) is 13.2 Å². The molecule has 36 heavy (non-hydrogen) atoms. The molecule has 0 amide bonds. The van der Waals surface area contributed by atoms with E-state index in [0.717, 1.165) is 0 Å². The van der Waals surface area contributed by atoms with E-state index in [-0.39, 0.29) is 33.8 Å². The average Bonchev–Trinajstić information content (AvgIpc) is 3.33. The molecule has 0 saturated heterocycles. The van der Waals surface area contributed by atoms with Crippen molar-refractivity contribution >= 4 is 15.7 Å². The fourth-order valence-electron chi connectivity index (χ4n) is 3.24. The van der Waals surface area contributed by atoms with Gasteiger partial charge in [0.05, 0.1) is 22.0 Å². The fraction of sp³-hybridized carbons (Fsp3) is 0.217. The average molecular weight is 519 g/mol. The van der Waals surface area contributed by atoms with Crippen molar-refractivity contribution in [2.24, 2.45) is 5.73 Å². The van der Waals surface area contributed by atoms with E-state index in [4.69, 9.17) is 15.9 Å². The molecular weight excluding hydrogens is 497 g/mol. The lowest BCUT2D eigenvalue weighted by molar-refractivity contribution is -0.149. The van der Waals surface area contributed by atoms with Crippen LogP contribution in [0.5, 0.6) is 0 Å². The summed E-state index contributed by atoms with van der Waals surface area (Å²) in [5.41, 5.74) is 12.5. The third-order valence-corrected chi connectivity index (χ3v) is 7.57. The van der Waals surface area contributed by atoms with Gasteiger partial charge in [-0.15, -0.1) is 10.2 Å². The summed E-state index contributed by atoms with van der Waals surface area (Å²) in [6.07, 6.45) is -3.14. The monoisotopic (exact) mass is 518 g/mol. The highest BCUT2D eigenvalue weighted by Crippen LogP contribution is 2.32. The Balaban J connectivity index is 1.61. The van der Waals surface area contributed by atoms with E-state index in [9.17, 15) is 21.6 Å². The van der Waals surface area contributed by atoms with Crippen molar-refractivity contribution in [1.29, 1.82) is 0 Å². The molecule has 9 nitrogen and oxygen atoms in total. The fourth-order valence-corrected chi connectivity index (χ4v) is 4.30. The van der Waals surface area contributed by atoms with E-state index in [1.807, 2.05) is 0 Å². The minimum absolute atomic E-state index is 0.0134. The van der Waals surface area contributed by atoms with Gasteiger partial charge in [0.15, 0.2) is 21.3 Å². The molecule has 0 aliphatic rings. The van der Waals surface area contributed by atoms with Crippen LogP contribution in [0.2, 0.25) is 0 Å². The van der Waals surface area contributed by atoms with Crippen LogP contribution in [0, 0.1) is 0 Å². The van der Waals surface area contributed by atoms with Crippen LogP contribution in [0.4, 0.5) is 19.0 Å². The molecule has 0 aliphatic carbocycles. The van der Waals surface area contributed by atoms with Crippen LogP contribution in [0.25, 0.3) is 34.3 Å². The molecule has 0 fully saturated rings. The molecule has 0 unspecified atom stereocenters. The predicted molar refractivity (Wildman–Crippen MR) is 126 cm³/mol. The Labute approximate surface area is 204 Å². The number of nitrogens with two attached hydrogens (primary N) is 2. The number of nitrogen functional groups attached to an aromatic ring is 1. The first-order valence-electron chi connectivity index (χ1n) is 10.6. The highest BCUT2D eigenvalue weighted by Gasteiger charge is 2.37. The first kappa shape index (κ1) is 25.3. The van der Waals surface area contributed by atoms with Crippen LogP contribution in [0.15, 0.2) is 64.0 Å². The summed E-state index contributed by atoms with van der Waals surface area (Å²) in [5.74, 6) is -0.00152. The maximum Gasteiger partial charge on any atom is 0.407 e. The van der Waals surface area contributed by atoms with Gasteiger partial charge in [0, 0.05) is 11.1 Å². The van der Waals surface area contributed by atoms with Gasteiger partial charge in [-0.3, -0.25) is 0 Å². The van der Waals surface area contributed by atoms with Gasteiger partial charge in [0.25, 0.3) is 5.89 Å². The first-order valence-corrected chi connectivity index (χ1v) is 12.2. The van der Waals surface area contributed by atoms with Gasteiger partial charge in [-0.05, 0) is 43.7 Å². The molecule has 2 heterocycles. The van der Waals surface area contributed by atoms with Crippen molar-refractivity contribution in [3.8, 4) is 34.3 Å². The Bertz CT molecular complexity index is 1490. The second kappa shape index (κ2) is 9.32. The van der Waals surface area contributed by atoms with Crippen LogP contribution < -0.4 is 11.5 Å². The molecule has 2 aromatic heterocycles. The number of nitrogens with zero attached hydrogens (tertiary/aromatic N) is 4. The lowest BCUT2D eigenvalue weighted by Crippen LogP contribution is -2.28.